The Labute approximate surface area is 130 Å². The minimum atomic E-state index is -3.35. The highest BCUT2D eigenvalue weighted by molar-refractivity contribution is 7.86. The molecule has 1 heterocycles. The lowest BCUT2D eigenvalue weighted by molar-refractivity contribution is 0.241. The average molecular weight is 317 g/mol. The van der Waals surface area contributed by atoms with Crippen molar-refractivity contribution in [3.8, 4) is 0 Å². The standard InChI is InChI=1S/C15H31N3O2S/c1-5-9-17(10-6-2)21(19,20)18-11-7-8-15(13-18)12-16-14(3)4/h5,14-16H,1,6-13H2,2-4H3. The number of nitrogens with one attached hydrogen (secondary N) is 1. The quantitative estimate of drug-likeness (QED) is 0.660. The summed E-state index contributed by atoms with van der Waals surface area (Å²) >= 11 is 0. The van der Waals surface area contributed by atoms with Gasteiger partial charge < -0.3 is 5.32 Å². The topological polar surface area (TPSA) is 52.7 Å². The Morgan fingerprint density at radius 3 is 2.76 bits per heavy atom. The van der Waals surface area contributed by atoms with Crippen LogP contribution in [0.5, 0.6) is 0 Å². The van der Waals surface area contributed by atoms with Crippen LogP contribution in [0.25, 0.3) is 0 Å². The molecule has 0 spiro atoms. The van der Waals surface area contributed by atoms with E-state index in [1.54, 1.807) is 10.4 Å². The first-order valence-electron chi connectivity index (χ1n) is 8.01. The summed E-state index contributed by atoms with van der Waals surface area (Å²) in [4.78, 5) is 0. The third kappa shape index (κ3) is 5.70. The van der Waals surface area contributed by atoms with Gasteiger partial charge in [0.05, 0.1) is 0 Å². The van der Waals surface area contributed by atoms with Gasteiger partial charge in [-0.3, -0.25) is 0 Å². The maximum atomic E-state index is 12.7. The van der Waals surface area contributed by atoms with Crippen molar-refractivity contribution in [1.29, 1.82) is 0 Å². The second-order valence-electron chi connectivity index (χ2n) is 6.08. The molecule has 0 radical (unpaired) electrons. The molecule has 0 saturated carbocycles. The molecule has 6 heteroatoms. The summed E-state index contributed by atoms with van der Waals surface area (Å²) in [5.41, 5.74) is 0. The molecular weight excluding hydrogens is 286 g/mol. The van der Waals surface area contributed by atoms with Gasteiger partial charge in [-0.25, -0.2) is 0 Å². The predicted octanol–water partition coefficient (Wildman–Crippen LogP) is 1.84. The van der Waals surface area contributed by atoms with Crippen LogP contribution in [-0.4, -0.2) is 55.8 Å². The van der Waals surface area contributed by atoms with E-state index in [-0.39, 0.29) is 0 Å². The highest BCUT2D eigenvalue weighted by Gasteiger charge is 2.32. The molecular formula is C15H31N3O2S. The molecule has 124 valence electrons. The molecule has 5 nitrogen and oxygen atoms in total. The molecule has 0 aromatic carbocycles. The van der Waals surface area contributed by atoms with Gasteiger partial charge in [-0.15, -0.1) is 6.58 Å². The molecule has 1 rings (SSSR count). The van der Waals surface area contributed by atoms with Crippen molar-refractivity contribution < 1.29 is 8.42 Å². The maximum absolute atomic E-state index is 12.7. The Hall–Kier alpha value is -0.430. The van der Waals surface area contributed by atoms with Crippen molar-refractivity contribution in [2.24, 2.45) is 5.92 Å². The summed E-state index contributed by atoms with van der Waals surface area (Å²) in [6, 6.07) is 0.439. The number of piperidine rings is 1. The molecule has 0 aromatic heterocycles. The Morgan fingerprint density at radius 2 is 2.19 bits per heavy atom. The third-order valence-electron chi connectivity index (χ3n) is 3.75. The van der Waals surface area contributed by atoms with Crippen LogP contribution < -0.4 is 5.32 Å². The number of hydrogen-bond acceptors (Lipinski definition) is 3. The highest BCUT2D eigenvalue weighted by Crippen LogP contribution is 2.21. The van der Waals surface area contributed by atoms with Crippen LogP contribution in [0.1, 0.15) is 40.0 Å². The number of nitrogens with zero attached hydrogens (tertiary/aromatic N) is 2. The van der Waals surface area contributed by atoms with Crippen LogP contribution in [0.15, 0.2) is 12.7 Å². The molecule has 21 heavy (non-hydrogen) atoms. The maximum Gasteiger partial charge on any atom is 0.282 e. The van der Waals surface area contributed by atoms with Gasteiger partial charge in [0.25, 0.3) is 10.2 Å². The summed E-state index contributed by atoms with van der Waals surface area (Å²) in [5.74, 6) is 0.406. The second-order valence-corrected chi connectivity index (χ2v) is 8.01. The first kappa shape index (κ1) is 18.6. The van der Waals surface area contributed by atoms with E-state index < -0.39 is 10.2 Å². The van der Waals surface area contributed by atoms with Crippen molar-refractivity contribution in [3.05, 3.63) is 12.7 Å². The fourth-order valence-electron chi connectivity index (χ4n) is 2.66. The van der Waals surface area contributed by atoms with Crippen LogP contribution in [0.4, 0.5) is 0 Å². The number of hydrogen-bond donors (Lipinski definition) is 1. The lowest BCUT2D eigenvalue weighted by Gasteiger charge is -2.35. The summed E-state index contributed by atoms with van der Waals surface area (Å²) in [6.07, 6.45) is 4.52. The molecule has 1 fully saturated rings. The van der Waals surface area contributed by atoms with Crippen LogP contribution >= 0.6 is 0 Å². The SMILES string of the molecule is C=CCN(CCC)S(=O)(=O)N1CCCC(CNC(C)C)C1. The average Bonchev–Trinajstić information content (AvgIpc) is 2.45. The lowest BCUT2D eigenvalue weighted by atomic mass is 9.99. The van der Waals surface area contributed by atoms with Crippen molar-refractivity contribution in [3.63, 3.8) is 0 Å². The molecule has 1 unspecified atom stereocenters. The van der Waals surface area contributed by atoms with E-state index in [9.17, 15) is 8.42 Å². The lowest BCUT2D eigenvalue weighted by Crippen LogP contribution is -2.49. The van der Waals surface area contributed by atoms with Crippen molar-refractivity contribution in [2.45, 2.75) is 46.1 Å². The monoisotopic (exact) mass is 317 g/mol. The van der Waals surface area contributed by atoms with Gasteiger partial charge in [0, 0.05) is 32.2 Å². The summed E-state index contributed by atoms with van der Waals surface area (Å²) < 4.78 is 28.7. The van der Waals surface area contributed by atoms with E-state index in [1.807, 2.05) is 6.92 Å². The van der Waals surface area contributed by atoms with Crippen LogP contribution in [0.2, 0.25) is 0 Å². The van der Waals surface area contributed by atoms with Gasteiger partial charge in [0.2, 0.25) is 0 Å². The van der Waals surface area contributed by atoms with Gasteiger partial charge in [0.1, 0.15) is 0 Å². The van der Waals surface area contributed by atoms with Gasteiger partial charge in [-0.05, 0) is 31.7 Å². The smallest absolute Gasteiger partial charge is 0.282 e. The first-order chi connectivity index (χ1) is 9.91. The van der Waals surface area contributed by atoms with Crippen LogP contribution in [0, 0.1) is 5.92 Å². The van der Waals surface area contributed by atoms with E-state index in [0.717, 1.165) is 25.8 Å². The molecule has 1 aliphatic rings. The van der Waals surface area contributed by atoms with E-state index in [1.165, 1.54) is 4.31 Å². The predicted molar refractivity (Wildman–Crippen MR) is 88.4 cm³/mol. The van der Waals surface area contributed by atoms with Crippen LogP contribution in [0.3, 0.4) is 0 Å². The van der Waals surface area contributed by atoms with Gasteiger partial charge in [-0.1, -0.05) is 26.8 Å². The fourth-order valence-corrected chi connectivity index (χ4v) is 4.46. The molecule has 0 amide bonds. The van der Waals surface area contributed by atoms with E-state index in [0.29, 0.717) is 38.1 Å². The molecule has 0 aromatic rings. The summed E-state index contributed by atoms with van der Waals surface area (Å²) in [7, 11) is -3.35. The largest absolute Gasteiger partial charge is 0.314 e. The van der Waals surface area contributed by atoms with E-state index in [4.69, 9.17) is 0 Å². The Balaban J connectivity index is 2.70. The van der Waals surface area contributed by atoms with Crippen molar-refractivity contribution in [1.82, 2.24) is 13.9 Å². The normalized spacial score (nSPS) is 21.1. The molecule has 1 atom stereocenters. The minimum absolute atomic E-state index is 0.390. The Bertz CT molecular complexity index is 409. The van der Waals surface area contributed by atoms with E-state index in [2.05, 4.69) is 25.7 Å². The molecule has 1 saturated heterocycles. The van der Waals surface area contributed by atoms with E-state index >= 15 is 0 Å². The third-order valence-corrected chi connectivity index (χ3v) is 5.72. The zero-order chi connectivity index (χ0) is 15.9. The Kier molecular flexibility index (Phi) is 7.87. The van der Waals surface area contributed by atoms with Gasteiger partial charge in [0.15, 0.2) is 0 Å². The number of rotatable bonds is 9. The minimum Gasteiger partial charge on any atom is -0.314 e. The molecule has 1 N–H and O–H groups in total. The van der Waals surface area contributed by atoms with Gasteiger partial charge in [-0.2, -0.15) is 17.0 Å². The molecule has 0 bridgehead atoms. The zero-order valence-electron chi connectivity index (χ0n) is 13.7. The Morgan fingerprint density at radius 1 is 1.48 bits per heavy atom. The summed E-state index contributed by atoms with van der Waals surface area (Å²) in [6.45, 7) is 13.0. The van der Waals surface area contributed by atoms with Crippen molar-refractivity contribution >= 4 is 10.2 Å². The fraction of sp³-hybridized carbons (Fsp3) is 0.867. The first-order valence-corrected chi connectivity index (χ1v) is 9.41. The second kappa shape index (κ2) is 8.88. The van der Waals surface area contributed by atoms with Crippen LogP contribution in [-0.2, 0) is 10.2 Å². The summed E-state index contributed by atoms with van der Waals surface area (Å²) in [5, 5.41) is 3.42. The van der Waals surface area contributed by atoms with Gasteiger partial charge >= 0.3 is 0 Å². The zero-order valence-corrected chi connectivity index (χ0v) is 14.5. The molecule has 1 aliphatic heterocycles. The highest BCUT2D eigenvalue weighted by atomic mass is 32.2. The molecule has 0 aliphatic carbocycles. The van der Waals surface area contributed by atoms with Crippen molar-refractivity contribution in [2.75, 3.05) is 32.7 Å².